The quantitative estimate of drug-likeness (QED) is 0.492. The molecule has 0 radical (unpaired) electrons. The number of halogens is 1. The van der Waals surface area contributed by atoms with E-state index < -0.39 is 16.4 Å². The molecule has 1 fully saturated rings. The van der Waals surface area contributed by atoms with Gasteiger partial charge in [0.15, 0.2) is 0 Å². The largest absolute Gasteiger partial charge is 0.394 e. The van der Waals surface area contributed by atoms with Crippen molar-refractivity contribution in [3.63, 3.8) is 0 Å². The van der Waals surface area contributed by atoms with E-state index in [2.05, 4.69) is 10.3 Å². The molecule has 0 saturated heterocycles. The van der Waals surface area contributed by atoms with Gasteiger partial charge in [-0.1, -0.05) is 11.6 Å². The Kier molecular flexibility index (Phi) is 3.68. The zero-order chi connectivity index (χ0) is 14.0. The number of hydrogen-bond acceptors (Lipinski definition) is 5. The molecule has 1 aromatic heterocycles. The molecule has 8 heteroatoms. The van der Waals surface area contributed by atoms with Crippen molar-refractivity contribution in [3.8, 4) is 0 Å². The lowest BCUT2D eigenvalue weighted by Crippen LogP contribution is -2.56. The first-order valence-electron chi connectivity index (χ1n) is 5.71. The minimum Gasteiger partial charge on any atom is -0.394 e. The second-order valence-corrected chi connectivity index (χ2v) is 4.89. The van der Waals surface area contributed by atoms with Crippen LogP contribution in [-0.2, 0) is 0 Å². The van der Waals surface area contributed by atoms with Gasteiger partial charge in [0.25, 0.3) is 11.6 Å². The smallest absolute Gasteiger partial charge is 0.288 e. The van der Waals surface area contributed by atoms with Gasteiger partial charge in [0.2, 0.25) is 0 Å². The Labute approximate surface area is 113 Å². The molecule has 1 aliphatic carbocycles. The van der Waals surface area contributed by atoms with E-state index in [0.29, 0.717) is 12.8 Å². The molecule has 0 aliphatic heterocycles. The molecule has 0 spiro atoms. The minimum atomic E-state index is -0.648. The van der Waals surface area contributed by atoms with Crippen LogP contribution in [-0.4, -0.2) is 33.1 Å². The van der Waals surface area contributed by atoms with Crippen LogP contribution in [0.2, 0.25) is 5.15 Å². The van der Waals surface area contributed by atoms with Crippen LogP contribution >= 0.6 is 11.6 Å². The number of carbonyl (C=O) groups is 1. The second-order valence-electron chi connectivity index (χ2n) is 4.54. The number of aromatic nitrogens is 1. The molecule has 1 amide bonds. The highest BCUT2D eigenvalue weighted by molar-refractivity contribution is 6.32. The van der Waals surface area contributed by atoms with Crippen molar-refractivity contribution in [3.05, 3.63) is 33.1 Å². The monoisotopic (exact) mass is 285 g/mol. The highest BCUT2D eigenvalue weighted by Gasteiger charge is 2.38. The fourth-order valence-electron chi connectivity index (χ4n) is 1.93. The number of hydrogen-bond donors (Lipinski definition) is 2. The summed E-state index contributed by atoms with van der Waals surface area (Å²) < 4.78 is 0. The first kappa shape index (κ1) is 13.7. The Bertz CT molecular complexity index is 525. The Hall–Kier alpha value is -1.73. The van der Waals surface area contributed by atoms with Crippen molar-refractivity contribution in [2.45, 2.75) is 24.8 Å². The van der Waals surface area contributed by atoms with Gasteiger partial charge < -0.3 is 10.4 Å². The second kappa shape index (κ2) is 5.10. The maximum atomic E-state index is 12.0. The molecule has 7 nitrogen and oxygen atoms in total. The molecule has 1 aliphatic rings. The van der Waals surface area contributed by atoms with E-state index in [1.54, 1.807) is 0 Å². The van der Waals surface area contributed by atoms with Gasteiger partial charge in [0.05, 0.1) is 22.6 Å². The minimum absolute atomic E-state index is 0.0596. The predicted molar refractivity (Wildman–Crippen MR) is 67.0 cm³/mol. The van der Waals surface area contributed by atoms with Gasteiger partial charge >= 0.3 is 0 Å². The summed E-state index contributed by atoms with van der Waals surface area (Å²) in [4.78, 5) is 25.7. The first-order chi connectivity index (χ1) is 8.97. The molecule has 0 bridgehead atoms. The number of aliphatic hydroxyl groups is 1. The number of aliphatic hydroxyl groups excluding tert-OH is 1. The third kappa shape index (κ3) is 2.66. The van der Waals surface area contributed by atoms with Crippen molar-refractivity contribution in [1.29, 1.82) is 0 Å². The summed E-state index contributed by atoms with van der Waals surface area (Å²) in [5, 5.41) is 22.5. The highest BCUT2D eigenvalue weighted by Crippen LogP contribution is 2.32. The molecular weight excluding hydrogens is 274 g/mol. The molecule has 2 rings (SSSR count). The molecule has 19 heavy (non-hydrogen) atoms. The average molecular weight is 286 g/mol. The maximum absolute atomic E-state index is 12.0. The van der Waals surface area contributed by atoms with Crippen molar-refractivity contribution in [2.24, 2.45) is 0 Å². The van der Waals surface area contributed by atoms with Crippen molar-refractivity contribution in [2.75, 3.05) is 6.61 Å². The van der Waals surface area contributed by atoms with Gasteiger partial charge in [-0.15, -0.1) is 0 Å². The molecule has 0 aromatic carbocycles. The number of rotatable bonds is 4. The fraction of sp³-hybridized carbons (Fsp3) is 0.455. The standard InChI is InChI=1S/C11H12ClN3O4/c12-9-8(4-7(5-13-9)15(18)19)10(17)14-11(6-16)2-1-3-11/h4-5,16H,1-3,6H2,(H,14,17). The number of nitrogens with one attached hydrogen (secondary N) is 1. The van der Waals surface area contributed by atoms with Crippen molar-refractivity contribution in [1.82, 2.24) is 10.3 Å². The van der Waals surface area contributed by atoms with Gasteiger partial charge in [0.1, 0.15) is 11.3 Å². The van der Waals surface area contributed by atoms with Crippen LogP contribution in [0.3, 0.4) is 0 Å². The lowest BCUT2D eigenvalue weighted by atomic mass is 9.77. The molecular formula is C11H12ClN3O4. The number of nitro groups is 1. The van der Waals surface area contributed by atoms with Crippen LogP contribution in [0.4, 0.5) is 5.69 Å². The SMILES string of the molecule is O=C(NC1(CO)CCC1)c1cc([N+](=O)[O-])cnc1Cl. The zero-order valence-corrected chi connectivity index (χ0v) is 10.7. The molecule has 0 unspecified atom stereocenters. The van der Waals surface area contributed by atoms with E-state index in [1.807, 2.05) is 0 Å². The molecule has 1 saturated carbocycles. The van der Waals surface area contributed by atoms with Crippen LogP contribution < -0.4 is 5.32 Å². The highest BCUT2D eigenvalue weighted by atomic mass is 35.5. The van der Waals surface area contributed by atoms with E-state index >= 15 is 0 Å². The molecule has 102 valence electrons. The summed E-state index contributed by atoms with van der Waals surface area (Å²) in [5.41, 5.74) is -0.998. The third-order valence-electron chi connectivity index (χ3n) is 3.27. The van der Waals surface area contributed by atoms with Crippen LogP contribution in [0.15, 0.2) is 12.3 Å². The third-order valence-corrected chi connectivity index (χ3v) is 3.57. The average Bonchev–Trinajstić information content (AvgIpc) is 2.33. The summed E-state index contributed by atoms with van der Waals surface area (Å²) >= 11 is 5.77. The zero-order valence-electron chi connectivity index (χ0n) is 9.93. The lowest BCUT2D eigenvalue weighted by molar-refractivity contribution is -0.385. The van der Waals surface area contributed by atoms with Gasteiger partial charge in [-0.3, -0.25) is 14.9 Å². The van der Waals surface area contributed by atoms with Crippen LogP contribution in [0.25, 0.3) is 0 Å². The van der Waals surface area contributed by atoms with Crippen LogP contribution in [0, 0.1) is 10.1 Å². The Balaban J connectivity index is 2.23. The lowest BCUT2D eigenvalue weighted by Gasteiger charge is -2.40. The van der Waals surface area contributed by atoms with E-state index in [-0.39, 0.29) is 23.0 Å². The Morgan fingerprint density at radius 1 is 1.63 bits per heavy atom. The van der Waals surface area contributed by atoms with E-state index in [1.165, 1.54) is 0 Å². The van der Waals surface area contributed by atoms with Crippen molar-refractivity contribution < 1.29 is 14.8 Å². The summed E-state index contributed by atoms with van der Waals surface area (Å²) in [6.07, 6.45) is 3.26. The fourth-order valence-corrected chi connectivity index (χ4v) is 2.12. The van der Waals surface area contributed by atoms with Gasteiger partial charge in [0, 0.05) is 6.07 Å². The number of nitrogens with zero attached hydrogens (tertiary/aromatic N) is 2. The summed E-state index contributed by atoms with van der Waals surface area (Å²) in [6.45, 7) is -0.168. The first-order valence-corrected chi connectivity index (χ1v) is 6.08. The topological polar surface area (TPSA) is 105 Å². The number of amides is 1. The summed E-state index contributed by atoms with van der Waals surface area (Å²) in [5.74, 6) is -0.560. The van der Waals surface area contributed by atoms with Crippen LogP contribution in [0.5, 0.6) is 0 Å². The summed E-state index contributed by atoms with van der Waals surface area (Å²) in [6, 6.07) is 1.08. The molecule has 1 heterocycles. The number of pyridine rings is 1. The van der Waals surface area contributed by atoms with Crippen molar-refractivity contribution >= 4 is 23.2 Å². The summed E-state index contributed by atoms with van der Waals surface area (Å²) in [7, 11) is 0. The Morgan fingerprint density at radius 2 is 2.32 bits per heavy atom. The molecule has 2 N–H and O–H groups in total. The van der Waals surface area contributed by atoms with Gasteiger partial charge in [-0.25, -0.2) is 4.98 Å². The molecule has 1 aromatic rings. The van der Waals surface area contributed by atoms with E-state index in [0.717, 1.165) is 18.7 Å². The van der Waals surface area contributed by atoms with Gasteiger partial charge in [-0.2, -0.15) is 0 Å². The normalized spacial score (nSPS) is 16.5. The van der Waals surface area contributed by atoms with Gasteiger partial charge in [-0.05, 0) is 19.3 Å². The van der Waals surface area contributed by atoms with E-state index in [4.69, 9.17) is 11.6 Å². The van der Waals surface area contributed by atoms with E-state index in [9.17, 15) is 20.0 Å². The number of carbonyl (C=O) groups excluding carboxylic acids is 1. The van der Waals surface area contributed by atoms with Crippen LogP contribution in [0.1, 0.15) is 29.6 Å². The maximum Gasteiger partial charge on any atom is 0.288 e. The predicted octanol–water partition coefficient (Wildman–Crippen LogP) is 1.29. The Morgan fingerprint density at radius 3 is 2.79 bits per heavy atom. The molecule has 0 atom stereocenters.